The summed E-state index contributed by atoms with van der Waals surface area (Å²) in [6.45, 7) is -1.00. The molecule has 0 rings (SSSR count). The van der Waals surface area contributed by atoms with Crippen molar-refractivity contribution in [2.45, 2.75) is 0 Å². The first-order valence-corrected chi connectivity index (χ1v) is 0.943. The van der Waals surface area contributed by atoms with Gasteiger partial charge < -0.3 is 19.8 Å². The van der Waals surface area contributed by atoms with Crippen LogP contribution in [0.3, 0.4) is 0 Å². The van der Waals surface area contributed by atoms with E-state index < -0.39 is 12.9 Å². The Labute approximate surface area is 57.1 Å². The molecular weight excluding hydrogens is 207 g/mol. The van der Waals surface area contributed by atoms with E-state index in [0.29, 0.717) is 0 Å². The summed E-state index contributed by atoms with van der Waals surface area (Å²) in [5.74, 6) is 0. The maximum absolute atomic E-state index is 8.25. The van der Waals surface area contributed by atoms with Gasteiger partial charge in [0.05, 0.1) is 0 Å². The van der Waals surface area contributed by atoms with Crippen LogP contribution in [0.25, 0.3) is 0 Å². The molecule has 0 radical (unpaired) electrons. The Hall–Kier alpha value is -0.261. The summed E-state index contributed by atoms with van der Waals surface area (Å²) in [5, 5.41) is 16.5. The predicted molar refractivity (Wildman–Crippen MR) is 20.7 cm³/mol. The summed E-state index contributed by atoms with van der Waals surface area (Å²) in [5.41, 5.74) is 0. The Balaban J connectivity index is -0.0000000400. The molecule has 7 heavy (non-hydrogen) atoms. The molecule has 0 unspecified atom stereocenters. The van der Waals surface area contributed by atoms with E-state index in [-0.39, 0.29) is 23.9 Å². The molecule has 0 bridgehead atoms. The third kappa shape index (κ3) is 1170. The van der Waals surface area contributed by atoms with Crippen molar-refractivity contribution < 1.29 is 19.8 Å². The average molecular weight is 211 g/mol. The maximum atomic E-state index is 8.25. The Morgan fingerprint density at radius 3 is 1.00 bits per heavy atom. The summed E-state index contributed by atoms with van der Waals surface area (Å²) in [6.07, 6.45) is 0. The van der Waals surface area contributed by atoms with E-state index in [4.69, 9.17) is 19.8 Å². The van der Waals surface area contributed by atoms with E-state index >= 15 is 0 Å². The first-order valence-electron chi connectivity index (χ1n) is 0.943. The van der Waals surface area contributed by atoms with Crippen LogP contribution in [0.1, 0.15) is 0 Å². The number of hydrogen-bond acceptors (Lipinski definition) is 4. The van der Waals surface area contributed by atoms with Crippen molar-refractivity contribution in [1.29, 1.82) is 0 Å². The van der Waals surface area contributed by atoms with Gasteiger partial charge in [-0.05, 0) is 0 Å². The van der Waals surface area contributed by atoms with Crippen molar-refractivity contribution in [2.75, 3.05) is 0 Å². The molecule has 0 saturated carbocycles. The summed E-state index contributed by atoms with van der Waals surface area (Å²) < 4.78 is 0. The second-order valence-electron chi connectivity index (χ2n) is 0.192. The molecule has 0 saturated heterocycles. The quantitative estimate of drug-likeness (QED) is 0.300. The number of carbonyl (C=O) groups excluding carboxylic acids is 2. The van der Waals surface area contributed by atoms with E-state index in [9.17, 15) is 0 Å². The fourth-order valence-electron chi connectivity index (χ4n) is 0. The van der Waals surface area contributed by atoms with E-state index in [2.05, 4.69) is 0 Å². The molecule has 0 aliphatic carbocycles. The van der Waals surface area contributed by atoms with Gasteiger partial charge >= 0.3 is 23.9 Å². The fourth-order valence-corrected chi connectivity index (χ4v) is 0. The van der Waals surface area contributed by atoms with Crippen molar-refractivity contribution >= 4 is 36.9 Å². The molecule has 40 valence electrons. The van der Waals surface area contributed by atoms with E-state index in [1.165, 1.54) is 0 Å². The fraction of sp³-hybridized carbons (Fsp3) is 0. The number of rotatable bonds is 0. The van der Waals surface area contributed by atoms with Crippen LogP contribution in [0, 0.1) is 0 Å². The summed E-state index contributed by atoms with van der Waals surface area (Å²) in [4.78, 5) is 16.5. The van der Waals surface area contributed by atoms with Gasteiger partial charge in [0.15, 0.2) is 0 Å². The zero-order valence-corrected chi connectivity index (χ0v) is 7.53. The summed E-state index contributed by atoms with van der Waals surface area (Å²) in [7, 11) is 0. The number of hydrogen-bond donors (Lipinski definition) is 0. The average Bonchev–Trinajstić information content (AvgIpc) is 1.39. The van der Waals surface area contributed by atoms with Crippen LogP contribution in [0.15, 0.2) is 0 Å². The molecule has 0 atom stereocenters. The second-order valence-corrected chi connectivity index (χ2v) is 0.192. The minimum atomic E-state index is -0.500. The molecule has 0 aliphatic heterocycles. The third-order valence-electron chi connectivity index (χ3n) is 0. The van der Waals surface area contributed by atoms with Crippen LogP contribution in [-0.4, -0.2) is 36.9 Å². The topological polar surface area (TPSA) is 80.3 Å². The first kappa shape index (κ1) is 15.9. The van der Waals surface area contributed by atoms with Crippen molar-refractivity contribution in [2.24, 2.45) is 0 Å². The van der Waals surface area contributed by atoms with Crippen molar-refractivity contribution in [1.82, 2.24) is 0 Å². The number of carbonyl (C=O) groups is 2. The van der Waals surface area contributed by atoms with Gasteiger partial charge in [-0.25, -0.2) is 0 Å². The molecule has 0 amide bonds. The Morgan fingerprint density at radius 1 is 1.00 bits per heavy atom. The Kier molecular flexibility index (Phi) is 96.7. The van der Waals surface area contributed by atoms with Crippen LogP contribution >= 0.6 is 0 Å². The molecule has 5 heteroatoms. The van der Waals surface area contributed by atoms with Gasteiger partial charge in [0.1, 0.15) is 0 Å². The Bertz CT molecular complexity index is 30.7. The first-order chi connectivity index (χ1) is 2.83. The van der Waals surface area contributed by atoms with Crippen molar-refractivity contribution in [3.8, 4) is 0 Å². The van der Waals surface area contributed by atoms with Gasteiger partial charge in [-0.3, -0.25) is 0 Å². The Morgan fingerprint density at radius 2 is 1.00 bits per heavy atom. The van der Waals surface area contributed by atoms with Gasteiger partial charge in [0, 0.05) is 12.9 Å². The molecule has 0 spiro atoms. The molecule has 0 N–H and O–H groups in total. The molecule has 0 fully saturated rings. The van der Waals surface area contributed by atoms with E-state index in [1.54, 1.807) is 0 Å². The second kappa shape index (κ2) is 42.6. The van der Waals surface area contributed by atoms with Gasteiger partial charge in [-0.1, -0.05) is 0 Å². The number of carboxylic acid groups (broad SMARTS) is 2. The molecule has 4 nitrogen and oxygen atoms in total. The normalized spacial score (nSPS) is 3.43. The van der Waals surface area contributed by atoms with E-state index in [1.807, 2.05) is 0 Å². The minimum absolute atomic E-state index is 0. The van der Waals surface area contributed by atoms with Gasteiger partial charge in [-0.2, -0.15) is 0 Å². The molecule has 0 aromatic rings. The zero-order chi connectivity index (χ0) is 5.41. The van der Waals surface area contributed by atoms with Crippen LogP contribution in [0.4, 0.5) is 0 Å². The SMILES string of the molecule is O=C[O-].O=C[O-].[SnH2+2]. The van der Waals surface area contributed by atoms with E-state index in [0.717, 1.165) is 0 Å². The molecule has 0 aliphatic rings. The standard InChI is InChI=1S/2CH2O2.Sn.2H/c2*2-1-3;;;/h2*1H,(H,2,3);;;/q;;+2;;/p-2. The summed E-state index contributed by atoms with van der Waals surface area (Å²) >= 11 is 0. The molecular formula is C2H4O4Sn. The third-order valence-corrected chi connectivity index (χ3v) is 0. The molecule has 0 heterocycles. The van der Waals surface area contributed by atoms with Crippen LogP contribution in [-0.2, 0) is 9.59 Å². The van der Waals surface area contributed by atoms with Crippen LogP contribution in [0.5, 0.6) is 0 Å². The molecule has 0 aromatic carbocycles. The van der Waals surface area contributed by atoms with Crippen LogP contribution < -0.4 is 10.2 Å². The van der Waals surface area contributed by atoms with Gasteiger partial charge in [0.25, 0.3) is 0 Å². The van der Waals surface area contributed by atoms with Crippen molar-refractivity contribution in [3.05, 3.63) is 0 Å². The zero-order valence-electron chi connectivity index (χ0n) is 3.49. The monoisotopic (exact) mass is 212 g/mol. The summed E-state index contributed by atoms with van der Waals surface area (Å²) in [6, 6.07) is 0. The predicted octanol–water partition coefficient (Wildman–Crippen LogP) is -4.18. The van der Waals surface area contributed by atoms with Gasteiger partial charge in [-0.15, -0.1) is 0 Å². The van der Waals surface area contributed by atoms with Gasteiger partial charge in [0.2, 0.25) is 0 Å². The van der Waals surface area contributed by atoms with Crippen molar-refractivity contribution in [3.63, 3.8) is 0 Å². The molecule has 0 aromatic heterocycles. The van der Waals surface area contributed by atoms with Crippen LogP contribution in [0.2, 0.25) is 0 Å².